The second-order valence-electron chi connectivity index (χ2n) is 6.29. The molecule has 24 heavy (non-hydrogen) atoms. The van der Waals surface area contributed by atoms with Gasteiger partial charge in [-0.05, 0) is 25.5 Å². The van der Waals surface area contributed by atoms with Crippen LogP contribution in [0.4, 0.5) is 8.78 Å². The van der Waals surface area contributed by atoms with Gasteiger partial charge in [0.2, 0.25) is 0 Å². The maximum Gasteiger partial charge on any atom is 0.387 e. The van der Waals surface area contributed by atoms with Crippen LogP contribution in [0.5, 0.6) is 5.75 Å². The zero-order valence-electron chi connectivity index (χ0n) is 14.0. The summed E-state index contributed by atoms with van der Waals surface area (Å²) < 4.78 is 29.4. The second-order valence-corrected chi connectivity index (χ2v) is 6.29. The summed E-state index contributed by atoms with van der Waals surface area (Å²) in [5.41, 5.74) is -0.601. The smallest absolute Gasteiger partial charge is 0.387 e. The van der Waals surface area contributed by atoms with Gasteiger partial charge in [-0.25, -0.2) is 0 Å². The predicted molar refractivity (Wildman–Crippen MR) is 86.3 cm³/mol. The van der Waals surface area contributed by atoms with E-state index in [1.807, 2.05) is 6.92 Å². The number of carbonyl (C=O) groups is 1. The van der Waals surface area contributed by atoms with E-state index in [0.717, 1.165) is 0 Å². The minimum absolute atomic E-state index is 0.103. The molecule has 1 N–H and O–H groups in total. The van der Waals surface area contributed by atoms with Gasteiger partial charge in [0.15, 0.2) is 0 Å². The fourth-order valence-corrected chi connectivity index (χ4v) is 2.72. The van der Waals surface area contributed by atoms with Gasteiger partial charge in [0.05, 0.1) is 11.2 Å². The van der Waals surface area contributed by atoms with Gasteiger partial charge in [-0.3, -0.25) is 9.69 Å². The van der Waals surface area contributed by atoms with Crippen LogP contribution in [0, 0.1) is 0 Å². The van der Waals surface area contributed by atoms with Crippen molar-refractivity contribution in [3.05, 3.63) is 29.8 Å². The maximum absolute atomic E-state index is 12.6. The van der Waals surface area contributed by atoms with Crippen molar-refractivity contribution in [1.82, 2.24) is 9.80 Å². The Labute approximate surface area is 140 Å². The highest BCUT2D eigenvalue weighted by atomic mass is 19.3. The maximum atomic E-state index is 12.6. The van der Waals surface area contributed by atoms with Crippen molar-refractivity contribution in [1.29, 1.82) is 0 Å². The quantitative estimate of drug-likeness (QED) is 0.861. The Balaban J connectivity index is 1.98. The first kappa shape index (κ1) is 18.6. The van der Waals surface area contributed by atoms with Gasteiger partial charge in [0, 0.05) is 32.7 Å². The number of aliphatic hydroxyl groups is 1. The zero-order valence-corrected chi connectivity index (χ0v) is 14.0. The summed E-state index contributed by atoms with van der Waals surface area (Å²) in [6, 6.07) is 6.04. The van der Waals surface area contributed by atoms with E-state index in [2.05, 4.69) is 9.64 Å². The molecule has 7 heteroatoms. The lowest BCUT2D eigenvalue weighted by Crippen LogP contribution is -2.52. The van der Waals surface area contributed by atoms with Crippen LogP contribution in [0.25, 0.3) is 0 Å². The third-order valence-corrected chi connectivity index (χ3v) is 4.32. The Kier molecular flexibility index (Phi) is 6.12. The molecule has 1 heterocycles. The number of hydrogen-bond donors (Lipinski definition) is 1. The molecule has 5 nitrogen and oxygen atoms in total. The molecule has 2 rings (SSSR count). The van der Waals surface area contributed by atoms with Crippen LogP contribution in [0.15, 0.2) is 24.3 Å². The number of nitrogens with zero attached hydrogens (tertiary/aromatic N) is 2. The lowest BCUT2D eigenvalue weighted by Gasteiger charge is -2.38. The molecule has 1 aromatic rings. The molecule has 1 aromatic carbocycles. The molecule has 1 aliphatic rings. The highest BCUT2D eigenvalue weighted by Gasteiger charge is 2.28. The van der Waals surface area contributed by atoms with Crippen LogP contribution < -0.4 is 4.74 Å². The number of para-hydroxylation sites is 1. The number of rotatable bonds is 6. The minimum atomic E-state index is -2.97. The Hall–Kier alpha value is -1.73. The third kappa shape index (κ3) is 4.88. The summed E-state index contributed by atoms with van der Waals surface area (Å²) in [7, 11) is 0. The van der Waals surface area contributed by atoms with Crippen LogP contribution in [0.1, 0.15) is 30.6 Å². The molecule has 0 bridgehead atoms. The van der Waals surface area contributed by atoms with Crippen LogP contribution in [0.3, 0.4) is 0 Å². The summed E-state index contributed by atoms with van der Waals surface area (Å²) in [6.07, 6.45) is 0.657. The van der Waals surface area contributed by atoms with Crippen LogP contribution in [-0.4, -0.2) is 65.7 Å². The molecule has 0 aromatic heterocycles. The molecule has 0 aliphatic carbocycles. The molecule has 0 spiro atoms. The van der Waals surface area contributed by atoms with Crippen molar-refractivity contribution in [2.24, 2.45) is 0 Å². The first-order chi connectivity index (χ1) is 11.3. The molecular formula is C17H24F2N2O3. The molecule has 1 fully saturated rings. The molecule has 0 saturated carbocycles. The van der Waals surface area contributed by atoms with Crippen molar-refractivity contribution in [3.63, 3.8) is 0 Å². The highest BCUT2D eigenvalue weighted by Crippen LogP contribution is 2.23. The molecule has 0 unspecified atom stereocenters. The second kappa shape index (κ2) is 7.90. The van der Waals surface area contributed by atoms with E-state index in [4.69, 9.17) is 0 Å². The Morgan fingerprint density at radius 2 is 1.92 bits per heavy atom. The average molecular weight is 342 g/mol. The van der Waals surface area contributed by atoms with E-state index >= 15 is 0 Å². The van der Waals surface area contributed by atoms with Crippen molar-refractivity contribution < 1.29 is 23.4 Å². The van der Waals surface area contributed by atoms with Gasteiger partial charge < -0.3 is 14.7 Å². The van der Waals surface area contributed by atoms with Crippen LogP contribution >= 0.6 is 0 Å². The number of ether oxygens (including phenoxy) is 1. The lowest BCUT2D eigenvalue weighted by atomic mass is 10.0. The number of carbonyl (C=O) groups excluding carboxylic acids is 1. The SMILES string of the molecule is CC[C@](C)(O)CN1CCN(C(=O)c2ccccc2OC(F)F)CC1. The summed E-state index contributed by atoms with van der Waals surface area (Å²) >= 11 is 0. The van der Waals surface area contributed by atoms with E-state index in [9.17, 15) is 18.7 Å². The van der Waals surface area contributed by atoms with Gasteiger partial charge in [-0.2, -0.15) is 8.78 Å². The highest BCUT2D eigenvalue weighted by molar-refractivity contribution is 5.97. The standard InChI is InChI=1S/C17H24F2N2O3/c1-3-17(2,23)12-20-8-10-21(11-9-20)15(22)13-6-4-5-7-14(13)24-16(18)19/h4-7,16,23H,3,8-12H2,1-2H3/t17-/m0/s1. The van der Waals surface area contributed by atoms with Gasteiger partial charge in [-0.1, -0.05) is 19.1 Å². The number of hydrogen-bond acceptors (Lipinski definition) is 4. The van der Waals surface area contributed by atoms with Gasteiger partial charge in [-0.15, -0.1) is 0 Å². The summed E-state index contributed by atoms with van der Waals surface area (Å²) in [4.78, 5) is 16.3. The number of alkyl halides is 2. The number of piperazine rings is 1. The number of halogens is 2. The number of amides is 1. The van der Waals surface area contributed by atoms with E-state index in [1.165, 1.54) is 12.1 Å². The average Bonchev–Trinajstić information content (AvgIpc) is 2.54. The molecule has 134 valence electrons. The van der Waals surface area contributed by atoms with E-state index in [-0.39, 0.29) is 17.2 Å². The first-order valence-electron chi connectivity index (χ1n) is 8.10. The summed E-state index contributed by atoms with van der Waals surface area (Å²) in [5.74, 6) is -0.415. The summed E-state index contributed by atoms with van der Waals surface area (Å²) in [5, 5.41) is 10.1. The fourth-order valence-electron chi connectivity index (χ4n) is 2.72. The van der Waals surface area contributed by atoms with E-state index < -0.39 is 12.2 Å². The zero-order chi connectivity index (χ0) is 17.7. The monoisotopic (exact) mass is 342 g/mol. The van der Waals surface area contributed by atoms with Crippen LogP contribution in [0.2, 0.25) is 0 Å². The Morgan fingerprint density at radius 1 is 1.29 bits per heavy atom. The van der Waals surface area contributed by atoms with Crippen molar-refractivity contribution >= 4 is 5.91 Å². The van der Waals surface area contributed by atoms with Crippen LogP contribution in [-0.2, 0) is 0 Å². The normalized spacial score (nSPS) is 18.5. The molecule has 1 atom stereocenters. The molecule has 1 saturated heterocycles. The molecule has 0 radical (unpaired) electrons. The molecule has 1 amide bonds. The molecule has 1 aliphatic heterocycles. The van der Waals surface area contributed by atoms with Crippen molar-refractivity contribution in [2.75, 3.05) is 32.7 Å². The Morgan fingerprint density at radius 3 is 2.50 bits per heavy atom. The number of benzene rings is 1. The fraction of sp³-hybridized carbons (Fsp3) is 0.588. The lowest BCUT2D eigenvalue weighted by molar-refractivity contribution is -0.0503. The predicted octanol–water partition coefficient (Wildman–Crippen LogP) is 2.21. The van der Waals surface area contributed by atoms with Gasteiger partial charge >= 0.3 is 6.61 Å². The Bertz CT molecular complexity index is 559. The van der Waals surface area contributed by atoms with Gasteiger partial charge in [0.25, 0.3) is 5.91 Å². The summed E-state index contributed by atoms with van der Waals surface area (Å²) in [6.45, 7) is 3.56. The first-order valence-corrected chi connectivity index (χ1v) is 8.10. The van der Waals surface area contributed by atoms with Gasteiger partial charge in [0.1, 0.15) is 5.75 Å². The molecular weight excluding hydrogens is 318 g/mol. The van der Waals surface area contributed by atoms with E-state index in [1.54, 1.807) is 24.0 Å². The third-order valence-electron chi connectivity index (χ3n) is 4.32. The minimum Gasteiger partial charge on any atom is -0.434 e. The largest absolute Gasteiger partial charge is 0.434 e. The topological polar surface area (TPSA) is 53.0 Å². The number of β-amino-alcohol motifs (C(OH)–C–C–N with tert-alkyl or cyclic N) is 1. The van der Waals surface area contributed by atoms with Crippen molar-refractivity contribution in [2.45, 2.75) is 32.5 Å². The van der Waals surface area contributed by atoms with Crippen molar-refractivity contribution in [3.8, 4) is 5.75 Å². The van der Waals surface area contributed by atoms with E-state index in [0.29, 0.717) is 39.1 Å².